The number of allylic oxidation sites excluding steroid dienone is 1. The second kappa shape index (κ2) is 6.88. The molecule has 0 saturated carbocycles. The van der Waals surface area contributed by atoms with Crippen LogP contribution in [-0.4, -0.2) is 55.8 Å². The van der Waals surface area contributed by atoms with Crippen LogP contribution in [0.5, 0.6) is 0 Å². The van der Waals surface area contributed by atoms with E-state index in [9.17, 15) is 9.59 Å². The van der Waals surface area contributed by atoms with Crippen molar-refractivity contribution in [3.8, 4) is 0 Å². The summed E-state index contributed by atoms with van der Waals surface area (Å²) in [4.78, 5) is 30.2. The Morgan fingerprint density at radius 3 is 2.38 bits per heavy atom. The van der Waals surface area contributed by atoms with Crippen LogP contribution >= 0.6 is 0 Å². The standard InChI is InChI=1S/C8H8O3.CH2O3.Ca/c9-7-5-3-1-2-4-6(5)8(10)11-7;2-1(3)4;/h1,3,5-6H,2,4H2;(H2,2,3,4);/q;;+2/p-2. The molecule has 0 aromatic heterocycles. The zero-order chi connectivity index (χ0) is 11.4. The second-order valence-electron chi connectivity index (χ2n) is 3.13. The molecule has 1 saturated heterocycles. The average molecular weight is 252 g/mol. The molecule has 0 spiro atoms. The van der Waals surface area contributed by atoms with Crippen LogP contribution in [0, 0.1) is 11.8 Å². The number of ether oxygens (including phenoxy) is 1. The van der Waals surface area contributed by atoms with Crippen molar-refractivity contribution in [2.24, 2.45) is 11.8 Å². The number of rotatable bonds is 0. The Morgan fingerprint density at radius 2 is 1.88 bits per heavy atom. The van der Waals surface area contributed by atoms with Crippen molar-refractivity contribution in [3.63, 3.8) is 0 Å². The van der Waals surface area contributed by atoms with E-state index in [2.05, 4.69) is 4.74 Å². The molecular weight excluding hydrogens is 244 g/mol. The van der Waals surface area contributed by atoms with E-state index in [4.69, 9.17) is 15.0 Å². The van der Waals surface area contributed by atoms with Crippen LogP contribution in [0.1, 0.15) is 12.8 Å². The second-order valence-corrected chi connectivity index (χ2v) is 3.13. The van der Waals surface area contributed by atoms with Gasteiger partial charge < -0.3 is 19.7 Å². The summed E-state index contributed by atoms with van der Waals surface area (Å²) in [5.74, 6) is -1.19. The van der Waals surface area contributed by atoms with E-state index in [1.54, 1.807) is 6.08 Å². The molecule has 1 aliphatic heterocycles. The van der Waals surface area contributed by atoms with E-state index in [1.165, 1.54) is 0 Å². The van der Waals surface area contributed by atoms with Crippen molar-refractivity contribution in [2.75, 3.05) is 0 Å². The number of carbonyl (C=O) groups excluding carboxylic acids is 3. The molecule has 16 heavy (non-hydrogen) atoms. The van der Waals surface area contributed by atoms with Crippen molar-refractivity contribution >= 4 is 55.8 Å². The first-order chi connectivity index (χ1) is 7.02. The monoisotopic (exact) mass is 252 g/mol. The molecule has 2 rings (SSSR count). The molecule has 0 aromatic carbocycles. The van der Waals surface area contributed by atoms with Gasteiger partial charge in [0.2, 0.25) is 0 Å². The Kier molecular flexibility index (Phi) is 6.62. The van der Waals surface area contributed by atoms with Crippen LogP contribution in [-0.2, 0) is 14.3 Å². The van der Waals surface area contributed by atoms with Crippen LogP contribution in [0.25, 0.3) is 0 Å². The summed E-state index contributed by atoms with van der Waals surface area (Å²) in [6, 6.07) is 0. The number of hydrogen-bond donors (Lipinski definition) is 0. The van der Waals surface area contributed by atoms with E-state index in [-0.39, 0.29) is 61.5 Å². The normalized spacial score (nSPS) is 25.8. The van der Waals surface area contributed by atoms with E-state index in [0.29, 0.717) is 0 Å². The third-order valence-corrected chi connectivity index (χ3v) is 2.20. The molecule has 0 bridgehead atoms. The van der Waals surface area contributed by atoms with Gasteiger partial charge >= 0.3 is 49.7 Å². The first kappa shape index (κ1) is 15.4. The Hall–Kier alpha value is -0.590. The summed E-state index contributed by atoms with van der Waals surface area (Å²) < 4.78 is 4.48. The van der Waals surface area contributed by atoms with Crippen molar-refractivity contribution in [1.82, 2.24) is 0 Å². The third kappa shape index (κ3) is 4.11. The van der Waals surface area contributed by atoms with Crippen LogP contribution in [0.2, 0.25) is 0 Å². The van der Waals surface area contributed by atoms with Gasteiger partial charge in [-0.3, -0.25) is 9.59 Å². The fraction of sp³-hybridized carbons (Fsp3) is 0.444. The van der Waals surface area contributed by atoms with Crippen LogP contribution in [0.15, 0.2) is 12.2 Å². The Labute approximate surface area is 121 Å². The summed E-state index contributed by atoms with van der Waals surface area (Å²) in [7, 11) is 0. The van der Waals surface area contributed by atoms with Gasteiger partial charge in [0.25, 0.3) is 0 Å². The molecule has 82 valence electrons. The zero-order valence-electron chi connectivity index (χ0n) is 8.38. The van der Waals surface area contributed by atoms with Gasteiger partial charge in [0, 0.05) is 0 Å². The van der Waals surface area contributed by atoms with E-state index in [0.717, 1.165) is 12.8 Å². The predicted octanol–water partition coefficient (Wildman–Crippen LogP) is -2.18. The molecule has 0 aromatic rings. The molecule has 1 fully saturated rings. The third-order valence-electron chi connectivity index (χ3n) is 2.20. The summed E-state index contributed by atoms with van der Waals surface area (Å²) in [6.45, 7) is 0. The molecule has 0 N–H and O–H groups in total. The minimum Gasteiger partial charge on any atom is -0.652 e. The van der Waals surface area contributed by atoms with Crippen molar-refractivity contribution in [1.29, 1.82) is 0 Å². The van der Waals surface area contributed by atoms with Gasteiger partial charge in [-0.2, -0.15) is 0 Å². The quantitative estimate of drug-likeness (QED) is 0.210. The maximum atomic E-state index is 10.9. The molecule has 2 unspecified atom stereocenters. The number of hydrogen-bond acceptors (Lipinski definition) is 6. The number of carboxylic acid groups (broad SMARTS) is 2. The number of esters is 2. The Bertz CT molecular complexity index is 320. The maximum Gasteiger partial charge on any atom is 2.00 e. The van der Waals surface area contributed by atoms with Crippen LogP contribution in [0.3, 0.4) is 0 Å². The molecule has 1 heterocycles. The SMILES string of the molecule is O=C([O-])[O-].O=C1OC(=O)C2CCC=CC12.[Ca+2]. The zero-order valence-corrected chi connectivity index (χ0v) is 10.6. The first-order valence-corrected chi connectivity index (χ1v) is 4.32. The van der Waals surface area contributed by atoms with Gasteiger partial charge in [0.05, 0.1) is 11.8 Å². The predicted molar refractivity (Wildman–Crippen MR) is 47.6 cm³/mol. The molecule has 1 aliphatic carbocycles. The number of carbonyl (C=O) groups is 3. The molecule has 2 aliphatic rings. The molecule has 0 amide bonds. The first-order valence-electron chi connectivity index (χ1n) is 4.32. The smallest absolute Gasteiger partial charge is 0.652 e. The summed E-state index contributed by atoms with van der Waals surface area (Å²) in [6.07, 6.45) is 3.01. The van der Waals surface area contributed by atoms with Crippen molar-refractivity contribution in [2.45, 2.75) is 12.8 Å². The van der Waals surface area contributed by atoms with Crippen LogP contribution < -0.4 is 10.2 Å². The van der Waals surface area contributed by atoms with Gasteiger partial charge in [-0.25, -0.2) is 0 Å². The summed E-state index contributed by atoms with van der Waals surface area (Å²) in [5, 5.41) is 16.7. The van der Waals surface area contributed by atoms with Gasteiger partial charge in [-0.15, -0.1) is 0 Å². The molecular formula is C9H8CaO6. The number of cyclic esters (lactones) is 2. The van der Waals surface area contributed by atoms with E-state index < -0.39 is 6.16 Å². The van der Waals surface area contributed by atoms with E-state index in [1.807, 2.05) is 6.08 Å². The Balaban J connectivity index is 0.000000397. The molecule has 6 nitrogen and oxygen atoms in total. The fourth-order valence-corrected chi connectivity index (χ4v) is 1.58. The molecule has 0 radical (unpaired) electrons. The Morgan fingerprint density at radius 1 is 1.31 bits per heavy atom. The van der Waals surface area contributed by atoms with Gasteiger partial charge in [0.1, 0.15) is 0 Å². The summed E-state index contributed by atoms with van der Waals surface area (Å²) >= 11 is 0. The van der Waals surface area contributed by atoms with Crippen molar-refractivity contribution < 1.29 is 29.3 Å². The van der Waals surface area contributed by atoms with Gasteiger partial charge in [-0.05, 0) is 19.0 Å². The number of fused-ring (bicyclic) bond motifs is 1. The molecule has 7 heteroatoms. The van der Waals surface area contributed by atoms with E-state index >= 15 is 0 Å². The molecule has 2 atom stereocenters. The van der Waals surface area contributed by atoms with Crippen LogP contribution in [0.4, 0.5) is 4.79 Å². The van der Waals surface area contributed by atoms with Gasteiger partial charge in [-0.1, -0.05) is 12.2 Å². The minimum absolute atomic E-state index is 0. The average Bonchev–Trinajstić information content (AvgIpc) is 2.43. The van der Waals surface area contributed by atoms with Gasteiger partial charge in [0.15, 0.2) is 0 Å². The summed E-state index contributed by atoms with van der Waals surface area (Å²) in [5.41, 5.74) is 0. The topological polar surface area (TPSA) is 107 Å². The maximum absolute atomic E-state index is 10.9. The fourth-order valence-electron chi connectivity index (χ4n) is 1.58. The van der Waals surface area contributed by atoms with Crippen molar-refractivity contribution in [3.05, 3.63) is 12.2 Å². The minimum atomic E-state index is -2.33. The largest absolute Gasteiger partial charge is 2.00 e.